The molecule has 1 fully saturated rings. The van der Waals surface area contributed by atoms with E-state index >= 15 is 0 Å². The number of nitrogens with zero attached hydrogens (tertiary/aromatic N) is 1. The van der Waals surface area contributed by atoms with Gasteiger partial charge in [-0.1, -0.05) is 31.2 Å². The molecule has 21 heavy (non-hydrogen) atoms. The summed E-state index contributed by atoms with van der Waals surface area (Å²) in [6.45, 7) is 4.67. The Kier molecular flexibility index (Phi) is 4.97. The van der Waals surface area contributed by atoms with Crippen molar-refractivity contribution in [2.24, 2.45) is 5.92 Å². The maximum Gasteiger partial charge on any atom is 0.0480 e. The largest absolute Gasteiger partial charge is 0.309 e. The normalized spacial score (nSPS) is 25.7. The molecular formula is C19H30N2. The van der Waals surface area contributed by atoms with Gasteiger partial charge in [-0.05, 0) is 69.2 Å². The van der Waals surface area contributed by atoms with Crippen molar-refractivity contribution in [3.8, 4) is 0 Å². The maximum absolute atomic E-state index is 3.85. The lowest BCUT2D eigenvalue weighted by molar-refractivity contribution is 0.176. The molecule has 1 aromatic carbocycles. The summed E-state index contributed by atoms with van der Waals surface area (Å²) >= 11 is 0. The zero-order valence-corrected chi connectivity index (χ0v) is 13.6. The molecule has 3 rings (SSSR count). The van der Waals surface area contributed by atoms with E-state index in [0.29, 0.717) is 12.1 Å². The number of fused-ring (bicyclic) bond motifs is 1. The second-order valence-electron chi connectivity index (χ2n) is 6.97. The van der Waals surface area contributed by atoms with Gasteiger partial charge in [-0.15, -0.1) is 0 Å². The van der Waals surface area contributed by atoms with Crippen LogP contribution in [0.1, 0.15) is 56.2 Å². The summed E-state index contributed by atoms with van der Waals surface area (Å²) in [6, 6.07) is 10.3. The molecule has 0 amide bonds. The summed E-state index contributed by atoms with van der Waals surface area (Å²) in [7, 11) is 2.34. The predicted octanol–water partition coefficient (Wildman–Crippen LogP) is 3.77. The molecule has 2 nitrogen and oxygen atoms in total. The molecule has 1 aromatic rings. The van der Waals surface area contributed by atoms with E-state index < -0.39 is 0 Å². The quantitative estimate of drug-likeness (QED) is 0.801. The molecule has 2 unspecified atom stereocenters. The third-order valence-corrected chi connectivity index (χ3v) is 5.14. The highest BCUT2D eigenvalue weighted by Crippen LogP contribution is 2.35. The van der Waals surface area contributed by atoms with Crippen LogP contribution in [0.3, 0.4) is 0 Å². The van der Waals surface area contributed by atoms with E-state index in [1.807, 2.05) is 0 Å². The lowest BCUT2D eigenvalue weighted by atomic mass is 9.95. The van der Waals surface area contributed by atoms with Crippen LogP contribution in [-0.4, -0.2) is 31.1 Å². The van der Waals surface area contributed by atoms with Gasteiger partial charge in [-0.3, -0.25) is 0 Å². The summed E-state index contributed by atoms with van der Waals surface area (Å²) in [6.07, 6.45) is 7.98. The van der Waals surface area contributed by atoms with Crippen LogP contribution < -0.4 is 5.32 Å². The molecule has 0 aromatic heterocycles. The number of aryl methyl sites for hydroxylation is 1. The first-order valence-electron chi connectivity index (χ1n) is 8.81. The number of rotatable bonds is 6. The highest BCUT2D eigenvalue weighted by atomic mass is 15.2. The molecule has 0 saturated heterocycles. The van der Waals surface area contributed by atoms with Crippen LogP contribution in [0.25, 0.3) is 0 Å². The van der Waals surface area contributed by atoms with Gasteiger partial charge in [0.15, 0.2) is 0 Å². The Bertz CT molecular complexity index is 453. The van der Waals surface area contributed by atoms with E-state index in [-0.39, 0.29) is 0 Å². The predicted molar refractivity (Wildman–Crippen MR) is 89.6 cm³/mol. The van der Waals surface area contributed by atoms with Crippen LogP contribution in [0.15, 0.2) is 24.3 Å². The molecule has 0 heterocycles. The molecular weight excluding hydrogens is 256 g/mol. The van der Waals surface area contributed by atoms with Gasteiger partial charge in [0.05, 0.1) is 0 Å². The number of benzene rings is 1. The van der Waals surface area contributed by atoms with Gasteiger partial charge in [0.25, 0.3) is 0 Å². The lowest BCUT2D eigenvalue weighted by Gasteiger charge is -2.35. The van der Waals surface area contributed by atoms with Crippen LogP contribution in [0, 0.1) is 5.92 Å². The molecule has 1 saturated carbocycles. The van der Waals surface area contributed by atoms with Crippen molar-refractivity contribution in [1.82, 2.24) is 10.2 Å². The van der Waals surface area contributed by atoms with Gasteiger partial charge < -0.3 is 10.2 Å². The smallest absolute Gasteiger partial charge is 0.0480 e. The topological polar surface area (TPSA) is 15.3 Å². The highest BCUT2D eigenvalue weighted by molar-refractivity contribution is 5.32. The van der Waals surface area contributed by atoms with Crippen molar-refractivity contribution < 1.29 is 0 Å². The van der Waals surface area contributed by atoms with Crippen LogP contribution >= 0.6 is 0 Å². The molecule has 2 atom stereocenters. The first-order valence-corrected chi connectivity index (χ1v) is 8.81. The Morgan fingerprint density at radius 2 is 2.00 bits per heavy atom. The lowest BCUT2D eigenvalue weighted by Crippen LogP contribution is -2.43. The van der Waals surface area contributed by atoms with Crippen molar-refractivity contribution >= 4 is 0 Å². The van der Waals surface area contributed by atoms with Crippen LogP contribution in [0.5, 0.6) is 0 Å². The zero-order valence-electron chi connectivity index (χ0n) is 13.6. The minimum absolute atomic E-state index is 0.507. The fourth-order valence-electron chi connectivity index (χ4n) is 3.80. The SMILES string of the molecule is CCCNC1c2ccccc2CCCC1N(C)CC1CC1. The van der Waals surface area contributed by atoms with E-state index in [2.05, 4.69) is 48.5 Å². The Labute approximate surface area is 129 Å². The van der Waals surface area contributed by atoms with Crippen molar-refractivity contribution in [1.29, 1.82) is 0 Å². The summed E-state index contributed by atoms with van der Waals surface area (Å²) in [4.78, 5) is 2.65. The number of hydrogen-bond donors (Lipinski definition) is 1. The van der Waals surface area contributed by atoms with E-state index in [9.17, 15) is 0 Å². The summed E-state index contributed by atoms with van der Waals surface area (Å²) in [5.41, 5.74) is 3.12. The molecule has 2 aliphatic rings. The van der Waals surface area contributed by atoms with Crippen LogP contribution in [0.2, 0.25) is 0 Å². The third kappa shape index (κ3) is 3.67. The molecule has 0 bridgehead atoms. The highest BCUT2D eigenvalue weighted by Gasteiger charge is 2.32. The molecule has 0 aliphatic heterocycles. The fourth-order valence-corrected chi connectivity index (χ4v) is 3.80. The average molecular weight is 286 g/mol. The number of likely N-dealkylation sites (N-methyl/N-ethyl adjacent to an activating group) is 1. The van der Waals surface area contributed by atoms with Crippen molar-refractivity contribution in [3.05, 3.63) is 35.4 Å². The van der Waals surface area contributed by atoms with E-state index in [1.165, 1.54) is 45.1 Å². The summed E-state index contributed by atoms with van der Waals surface area (Å²) in [5.74, 6) is 0.973. The molecule has 0 spiro atoms. The van der Waals surface area contributed by atoms with Gasteiger partial charge in [-0.25, -0.2) is 0 Å². The molecule has 116 valence electrons. The first-order chi connectivity index (χ1) is 10.3. The van der Waals surface area contributed by atoms with E-state index in [1.54, 1.807) is 11.1 Å². The van der Waals surface area contributed by atoms with Crippen LogP contribution in [0.4, 0.5) is 0 Å². The minimum atomic E-state index is 0.507. The monoisotopic (exact) mass is 286 g/mol. The molecule has 2 aliphatic carbocycles. The fraction of sp³-hybridized carbons (Fsp3) is 0.684. The van der Waals surface area contributed by atoms with Gasteiger partial charge in [0, 0.05) is 18.6 Å². The van der Waals surface area contributed by atoms with Gasteiger partial charge in [0.2, 0.25) is 0 Å². The molecule has 2 heteroatoms. The Morgan fingerprint density at radius 3 is 2.76 bits per heavy atom. The zero-order chi connectivity index (χ0) is 14.7. The van der Waals surface area contributed by atoms with E-state index in [0.717, 1.165) is 12.5 Å². The number of hydrogen-bond acceptors (Lipinski definition) is 2. The van der Waals surface area contributed by atoms with Crippen molar-refractivity contribution in [2.75, 3.05) is 20.1 Å². The molecule has 0 radical (unpaired) electrons. The molecule has 1 N–H and O–H groups in total. The summed E-state index contributed by atoms with van der Waals surface area (Å²) < 4.78 is 0. The standard InChI is InChI=1S/C19H30N2/c1-3-13-20-19-17-9-5-4-7-16(17)8-6-10-18(19)21(2)14-15-11-12-15/h4-5,7,9,15,18-20H,3,6,8,10-14H2,1-2H3. The minimum Gasteiger partial charge on any atom is -0.309 e. The van der Waals surface area contributed by atoms with Crippen molar-refractivity contribution in [3.63, 3.8) is 0 Å². The maximum atomic E-state index is 3.85. The van der Waals surface area contributed by atoms with Gasteiger partial charge in [-0.2, -0.15) is 0 Å². The van der Waals surface area contributed by atoms with E-state index in [4.69, 9.17) is 0 Å². The van der Waals surface area contributed by atoms with Gasteiger partial charge >= 0.3 is 0 Å². The third-order valence-electron chi connectivity index (χ3n) is 5.14. The second kappa shape index (κ2) is 6.93. The Balaban J connectivity index is 1.82. The van der Waals surface area contributed by atoms with Crippen LogP contribution in [-0.2, 0) is 6.42 Å². The van der Waals surface area contributed by atoms with Gasteiger partial charge in [0.1, 0.15) is 0 Å². The first kappa shape index (κ1) is 15.1. The Morgan fingerprint density at radius 1 is 1.19 bits per heavy atom. The summed E-state index contributed by atoms with van der Waals surface area (Å²) in [5, 5.41) is 3.85. The average Bonchev–Trinajstić information content (AvgIpc) is 3.31. The van der Waals surface area contributed by atoms with Crippen molar-refractivity contribution in [2.45, 2.75) is 57.5 Å². The number of nitrogens with one attached hydrogen (secondary N) is 1. The Hall–Kier alpha value is -0.860. The second-order valence-corrected chi connectivity index (χ2v) is 6.97.